The van der Waals surface area contributed by atoms with Crippen molar-refractivity contribution in [1.82, 2.24) is 4.90 Å². The zero-order valence-electron chi connectivity index (χ0n) is 15.4. The summed E-state index contributed by atoms with van der Waals surface area (Å²) in [5, 5.41) is 11.1. The fourth-order valence-electron chi connectivity index (χ4n) is 3.74. The van der Waals surface area contributed by atoms with Crippen LogP contribution in [0.1, 0.15) is 45.0 Å². The number of carbonyl (C=O) groups excluding carboxylic acids is 1. The molecule has 2 heterocycles. The van der Waals surface area contributed by atoms with Crippen molar-refractivity contribution in [1.29, 1.82) is 0 Å². The Morgan fingerprint density at radius 3 is 2.32 bits per heavy atom. The Labute approximate surface area is 168 Å². The minimum atomic E-state index is -0.906. The number of carboxylic acid groups (broad SMARTS) is 1. The molecule has 28 heavy (non-hydrogen) atoms. The van der Waals surface area contributed by atoms with Crippen LogP contribution in [0.5, 0.6) is 0 Å². The van der Waals surface area contributed by atoms with Gasteiger partial charge in [-0.3, -0.25) is 4.79 Å². The van der Waals surface area contributed by atoms with E-state index in [4.69, 9.17) is 5.11 Å². The topological polar surface area (TPSA) is 57.6 Å². The van der Waals surface area contributed by atoms with Crippen molar-refractivity contribution >= 4 is 23.2 Å². The van der Waals surface area contributed by atoms with E-state index >= 15 is 0 Å². The van der Waals surface area contributed by atoms with Gasteiger partial charge in [0.1, 0.15) is 0 Å². The quantitative estimate of drug-likeness (QED) is 0.670. The molecule has 0 atom stereocenters. The van der Waals surface area contributed by atoms with Crippen LogP contribution < -0.4 is 0 Å². The van der Waals surface area contributed by atoms with Gasteiger partial charge >= 0.3 is 5.97 Å². The predicted molar refractivity (Wildman–Crippen MR) is 111 cm³/mol. The van der Waals surface area contributed by atoms with Gasteiger partial charge < -0.3 is 10.0 Å². The number of rotatable bonds is 4. The van der Waals surface area contributed by atoms with Crippen LogP contribution in [-0.2, 0) is 0 Å². The van der Waals surface area contributed by atoms with Crippen LogP contribution in [0.3, 0.4) is 0 Å². The van der Waals surface area contributed by atoms with Crippen LogP contribution in [0, 0.1) is 0 Å². The summed E-state index contributed by atoms with van der Waals surface area (Å²) in [4.78, 5) is 27.0. The number of nitrogens with zero attached hydrogens (tertiary/aromatic N) is 1. The molecule has 1 aromatic heterocycles. The van der Waals surface area contributed by atoms with Crippen molar-refractivity contribution in [3.8, 4) is 10.4 Å². The Hall–Kier alpha value is -2.92. The van der Waals surface area contributed by atoms with Gasteiger partial charge in [-0.05, 0) is 65.6 Å². The molecule has 3 aromatic rings. The first-order valence-electron chi connectivity index (χ1n) is 9.38. The van der Waals surface area contributed by atoms with E-state index in [9.17, 15) is 9.59 Å². The molecule has 1 amide bonds. The number of hydrogen-bond acceptors (Lipinski definition) is 3. The lowest BCUT2D eigenvalue weighted by Crippen LogP contribution is -2.37. The lowest BCUT2D eigenvalue weighted by molar-refractivity contribution is 0.0691. The highest BCUT2D eigenvalue weighted by molar-refractivity contribution is 7.13. The molecule has 4 rings (SSSR count). The molecule has 4 nitrogen and oxygen atoms in total. The van der Waals surface area contributed by atoms with Gasteiger partial charge in [0.2, 0.25) is 0 Å². The molecule has 1 N–H and O–H groups in total. The highest BCUT2D eigenvalue weighted by atomic mass is 32.1. The third kappa shape index (κ3) is 3.85. The standard InChI is InChI=1S/C23H21NO3S/c25-22(20-4-1-3-19(15-20)21-5-2-14-28-21)24-12-10-17(11-13-24)16-6-8-18(9-7-16)23(26)27/h1-9,14-15,17H,10-13H2,(H,26,27). The van der Waals surface area contributed by atoms with E-state index in [1.807, 2.05) is 52.7 Å². The van der Waals surface area contributed by atoms with E-state index in [2.05, 4.69) is 6.07 Å². The number of benzene rings is 2. The first kappa shape index (κ1) is 18.4. The SMILES string of the molecule is O=C(O)c1ccc(C2CCN(C(=O)c3cccc(-c4cccs4)c3)CC2)cc1. The normalized spacial score (nSPS) is 14.8. The molecule has 0 unspecified atom stereocenters. The molecule has 1 aliphatic rings. The summed E-state index contributed by atoms with van der Waals surface area (Å²) < 4.78 is 0. The Morgan fingerprint density at radius 1 is 0.929 bits per heavy atom. The number of thiophene rings is 1. The maximum absolute atomic E-state index is 12.9. The molecule has 0 aliphatic carbocycles. The lowest BCUT2D eigenvalue weighted by atomic mass is 9.88. The predicted octanol–water partition coefficient (Wildman–Crippen LogP) is 5.13. The summed E-state index contributed by atoms with van der Waals surface area (Å²) >= 11 is 1.67. The van der Waals surface area contributed by atoms with Gasteiger partial charge in [-0.2, -0.15) is 0 Å². The fourth-order valence-corrected chi connectivity index (χ4v) is 4.47. The zero-order valence-corrected chi connectivity index (χ0v) is 16.2. The van der Waals surface area contributed by atoms with Crippen molar-refractivity contribution in [3.05, 3.63) is 82.7 Å². The van der Waals surface area contributed by atoms with Crippen LogP contribution in [-0.4, -0.2) is 35.0 Å². The number of hydrogen-bond donors (Lipinski definition) is 1. The number of carboxylic acids is 1. The Balaban J connectivity index is 1.41. The second-order valence-corrected chi connectivity index (χ2v) is 8.00. The molecular formula is C23H21NO3S. The molecule has 1 aliphatic heterocycles. The van der Waals surface area contributed by atoms with Crippen LogP contribution in [0.25, 0.3) is 10.4 Å². The molecule has 142 valence electrons. The van der Waals surface area contributed by atoms with Crippen LogP contribution >= 0.6 is 11.3 Å². The number of piperidine rings is 1. The molecular weight excluding hydrogens is 370 g/mol. The molecule has 1 fully saturated rings. The second kappa shape index (κ2) is 7.98. The highest BCUT2D eigenvalue weighted by Crippen LogP contribution is 2.30. The van der Waals surface area contributed by atoms with Gasteiger partial charge in [-0.15, -0.1) is 11.3 Å². The van der Waals surface area contributed by atoms with Gasteiger partial charge in [-0.1, -0.05) is 30.3 Å². The zero-order chi connectivity index (χ0) is 19.5. The first-order valence-corrected chi connectivity index (χ1v) is 10.3. The van der Waals surface area contributed by atoms with E-state index < -0.39 is 5.97 Å². The molecule has 0 bridgehead atoms. The Kier molecular flexibility index (Phi) is 5.26. The van der Waals surface area contributed by atoms with Gasteiger partial charge in [0.25, 0.3) is 5.91 Å². The Morgan fingerprint density at radius 2 is 1.68 bits per heavy atom. The summed E-state index contributed by atoms with van der Waals surface area (Å²) in [5.74, 6) is -0.459. The number of amides is 1. The van der Waals surface area contributed by atoms with E-state index in [0.717, 1.165) is 34.4 Å². The van der Waals surface area contributed by atoms with Crippen molar-refractivity contribution in [3.63, 3.8) is 0 Å². The first-order chi connectivity index (χ1) is 13.6. The van der Waals surface area contributed by atoms with Crippen LogP contribution in [0.4, 0.5) is 0 Å². The average Bonchev–Trinajstić information content (AvgIpc) is 3.28. The Bertz CT molecular complexity index is 971. The molecule has 0 spiro atoms. The van der Waals surface area contributed by atoms with E-state index in [1.54, 1.807) is 23.5 Å². The maximum atomic E-state index is 12.9. The molecule has 0 radical (unpaired) electrons. The average molecular weight is 391 g/mol. The molecule has 2 aromatic carbocycles. The number of aromatic carboxylic acids is 1. The van der Waals surface area contributed by atoms with Crippen molar-refractivity contribution in [2.45, 2.75) is 18.8 Å². The second-order valence-electron chi connectivity index (χ2n) is 7.05. The van der Waals surface area contributed by atoms with Crippen molar-refractivity contribution < 1.29 is 14.7 Å². The molecule has 0 saturated carbocycles. The summed E-state index contributed by atoms with van der Waals surface area (Å²) in [6.45, 7) is 1.43. The maximum Gasteiger partial charge on any atom is 0.335 e. The van der Waals surface area contributed by atoms with Gasteiger partial charge in [0, 0.05) is 23.5 Å². The van der Waals surface area contributed by atoms with Gasteiger partial charge in [0.05, 0.1) is 5.56 Å². The minimum Gasteiger partial charge on any atom is -0.478 e. The highest BCUT2D eigenvalue weighted by Gasteiger charge is 2.25. The molecule has 1 saturated heterocycles. The minimum absolute atomic E-state index is 0.0816. The summed E-state index contributed by atoms with van der Waals surface area (Å²) in [6, 6.07) is 19.0. The number of likely N-dealkylation sites (tertiary alicyclic amines) is 1. The summed E-state index contributed by atoms with van der Waals surface area (Å²) in [5.41, 5.74) is 3.27. The molecule has 5 heteroatoms. The van der Waals surface area contributed by atoms with E-state index in [0.29, 0.717) is 24.6 Å². The third-order valence-corrected chi connectivity index (χ3v) is 6.25. The van der Waals surface area contributed by atoms with Crippen molar-refractivity contribution in [2.75, 3.05) is 13.1 Å². The smallest absolute Gasteiger partial charge is 0.335 e. The van der Waals surface area contributed by atoms with E-state index in [-0.39, 0.29) is 5.91 Å². The summed E-state index contributed by atoms with van der Waals surface area (Å²) in [7, 11) is 0. The van der Waals surface area contributed by atoms with Crippen molar-refractivity contribution in [2.24, 2.45) is 0 Å². The summed E-state index contributed by atoms with van der Waals surface area (Å²) in [6.07, 6.45) is 1.78. The largest absolute Gasteiger partial charge is 0.478 e. The van der Waals surface area contributed by atoms with Gasteiger partial charge in [-0.25, -0.2) is 4.79 Å². The lowest BCUT2D eigenvalue weighted by Gasteiger charge is -2.32. The third-order valence-electron chi connectivity index (χ3n) is 5.33. The van der Waals surface area contributed by atoms with E-state index in [1.165, 1.54) is 0 Å². The fraction of sp³-hybridized carbons (Fsp3) is 0.217. The monoisotopic (exact) mass is 391 g/mol. The van der Waals surface area contributed by atoms with Crippen LogP contribution in [0.2, 0.25) is 0 Å². The number of carbonyl (C=O) groups is 2. The van der Waals surface area contributed by atoms with Gasteiger partial charge in [0.15, 0.2) is 0 Å². The van der Waals surface area contributed by atoms with Crippen LogP contribution in [0.15, 0.2) is 66.0 Å².